The van der Waals surface area contributed by atoms with Crippen LogP contribution in [0.1, 0.15) is 70.6 Å². The molecule has 0 saturated heterocycles. The molecule has 22 heavy (non-hydrogen) atoms. The molecule has 0 heterocycles. The molecule has 0 spiro atoms. The third-order valence-corrected chi connectivity index (χ3v) is 7.21. The molecule has 1 amide bonds. The fourth-order valence-corrected chi connectivity index (χ4v) is 6.57. The quantitative estimate of drug-likeness (QED) is 0.858. The zero-order valence-electron chi connectivity index (χ0n) is 13.6. The Morgan fingerprint density at radius 2 is 1.59 bits per heavy atom. The number of nitrogens with zero attached hydrogens (tertiary/aromatic N) is 1. The van der Waals surface area contributed by atoms with Gasteiger partial charge in [0.05, 0.1) is 6.07 Å². The van der Waals surface area contributed by atoms with Crippen LogP contribution in [0.25, 0.3) is 0 Å². The number of amides is 1. The Balaban J connectivity index is 1.34. The Morgan fingerprint density at radius 1 is 1.05 bits per heavy atom. The van der Waals surface area contributed by atoms with Crippen molar-refractivity contribution >= 4 is 5.91 Å². The van der Waals surface area contributed by atoms with Crippen LogP contribution in [-0.2, 0) is 4.79 Å². The van der Waals surface area contributed by atoms with E-state index in [0.29, 0.717) is 5.41 Å². The van der Waals surface area contributed by atoms with E-state index >= 15 is 0 Å². The van der Waals surface area contributed by atoms with Crippen LogP contribution in [0.3, 0.4) is 0 Å². The van der Waals surface area contributed by atoms with E-state index in [2.05, 4.69) is 11.4 Å². The predicted molar refractivity (Wildman–Crippen MR) is 84.7 cm³/mol. The van der Waals surface area contributed by atoms with Crippen molar-refractivity contribution in [2.45, 2.75) is 70.6 Å². The summed E-state index contributed by atoms with van der Waals surface area (Å²) in [6, 6.07) is 2.31. The number of carbonyl (C=O) groups excluding carboxylic acids is 1. The normalized spacial score (nSPS) is 41.3. The number of hydrogen-bond acceptors (Lipinski definition) is 2. The van der Waals surface area contributed by atoms with Crippen molar-refractivity contribution in [3.8, 4) is 6.07 Å². The first-order valence-corrected chi connectivity index (χ1v) is 9.33. The van der Waals surface area contributed by atoms with Crippen molar-refractivity contribution < 1.29 is 4.79 Å². The Labute approximate surface area is 133 Å². The third-order valence-electron chi connectivity index (χ3n) is 7.21. The van der Waals surface area contributed by atoms with Gasteiger partial charge in [-0.3, -0.25) is 4.79 Å². The van der Waals surface area contributed by atoms with E-state index in [1.165, 1.54) is 38.5 Å². The third kappa shape index (κ3) is 2.36. The molecular weight excluding hydrogens is 272 g/mol. The fraction of sp³-hybridized carbons (Fsp3) is 0.895. The molecule has 120 valence electrons. The molecule has 3 nitrogen and oxygen atoms in total. The van der Waals surface area contributed by atoms with Gasteiger partial charge >= 0.3 is 0 Å². The number of nitrogens with one attached hydrogen (secondary N) is 1. The first-order valence-electron chi connectivity index (χ1n) is 9.33. The lowest BCUT2D eigenvalue weighted by Crippen LogP contribution is -2.48. The van der Waals surface area contributed by atoms with E-state index in [4.69, 9.17) is 0 Å². The number of hydrogen-bond donors (Lipinski definition) is 1. The summed E-state index contributed by atoms with van der Waals surface area (Å²) in [4.78, 5) is 12.5. The van der Waals surface area contributed by atoms with Crippen LogP contribution in [0.15, 0.2) is 0 Å². The molecule has 0 aromatic carbocycles. The summed E-state index contributed by atoms with van der Waals surface area (Å²) in [6.07, 6.45) is 13.3. The summed E-state index contributed by atoms with van der Waals surface area (Å²) >= 11 is 0. The van der Waals surface area contributed by atoms with E-state index in [1.807, 2.05) is 0 Å². The van der Waals surface area contributed by atoms with Gasteiger partial charge < -0.3 is 5.32 Å². The standard InChI is InChI=1S/C19H28N2O/c20-13-19(3-1-2-4-19)17(22)21-6-5-18-10-14-7-15(11-18)9-16(8-14)12-18/h14-16H,1-12H2,(H,21,22). The largest absolute Gasteiger partial charge is 0.355 e. The predicted octanol–water partition coefficient (Wildman–Crippen LogP) is 3.79. The molecule has 4 bridgehead atoms. The van der Waals surface area contributed by atoms with Crippen molar-refractivity contribution in [2.75, 3.05) is 6.54 Å². The minimum atomic E-state index is -0.707. The Kier molecular flexibility index (Phi) is 3.47. The van der Waals surface area contributed by atoms with E-state index in [0.717, 1.165) is 56.4 Å². The smallest absolute Gasteiger partial charge is 0.240 e. The topological polar surface area (TPSA) is 52.9 Å². The van der Waals surface area contributed by atoms with Gasteiger partial charge in [0.25, 0.3) is 0 Å². The summed E-state index contributed by atoms with van der Waals surface area (Å²) in [5.41, 5.74) is -0.182. The highest BCUT2D eigenvalue weighted by atomic mass is 16.2. The maximum absolute atomic E-state index is 12.5. The maximum Gasteiger partial charge on any atom is 0.240 e. The highest BCUT2D eigenvalue weighted by Crippen LogP contribution is 2.61. The van der Waals surface area contributed by atoms with E-state index in [1.54, 1.807) is 0 Å². The molecule has 5 aliphatic rings. The summed E-state index contributed by atoms with van der Waals surface area (Å²) in [7, 11) is 0. The number of nitriles is 1. The first kappa shape index (κ1) is 14.5. The van der Waals surface area contributed by atoms with Crippen LogP contribution in [0.5, 0.6) is 0 Å². The van der Waals surface area contributed by atoms with Gasteiger partial charge in [-0.15, -0.1) is 0 Å². The van der Waals surface area contributed by atoms with Crippen LogP contribution in [-0.4, -0.2) is 12.5 Å². The number of carbonyl (C=O) groups is 1. The van der Waals surface area contributed by atoms with Crippen LogP contribution < -0.4 is 5.32 Å². The Hall–Kier alpha value is -1.04. The van der Waals surface area contributed by atoms with Crippen molar-refractivity contribution in [2.24, 2.45) is 28.6 Å². The monoisotopic (exact) mass is 300 g/mol. The first-order chi connectivity index (χ1) is 10.6. The zero-order chi connectivity index (χ0) is 15.2. The second-order valence-electron chi connectivity index (χ2n) is 8.82. The molecule has 0 atom stereocenters. The van der Waals surface area contributed by atoms with Gasteiger partial charge in [0.1, 0.15) is 5.41 Å². The van der Waals surface area contributed by atoms with E-state index < -0.39 is 5.41 Å². The number of rotatable bonds is 4. The Bertz CT molecular complexity index is 463. The molecule has 5 aliphatic carbocycles. The van der Waals surface area contributed by atoms with Gasteiger partial charge in [-0.1, -0.05) is 12.8 Å². The lowest BCUT2D eigenvalue weighted by atomic mass is 9.49. The average Bonchev–Trinajstić information content (AvgIpc) is 2.95. The van der Waals surface area contributed by atoms with Gasteiger partial charge in [-0.05, 0) is 81.0 Å². The lowest BCUT2D eigenvalue weighted by molar-refractivity contribution is -0.128. The van der Waals surface area contributed by atoms with Crippen LogP contribution >= 0.6 is 0 Å². The molecule has 5 fully saturated rings. The van der Waals surface area contributed by atoms with Crippen molar-refractivity contribution in [3.63, 3.8) is 0 Å². The van der Waals surface area contributed by atoms with Crippen molar-refractivity contribution in [1.29, 1.82) is 5.26 Å². The second kappa shape index (κ2) is 5.25. The molecule has 0 aromatic rings. The summed E-state index contributed by atoms with van der Waals surface area (Å²) in [5.74, 6) is 2.93. The molecule has 0 aromatic heterocycles. The molecule has 1 N–H and O–H groups in total. The van der Waals surface area contributed by atoms with Crippen LogP contribution in [0.4, 0.5) is 0 Å². The highest BCUT2D eigenvalue weighted by molar-refractivity contribution is 5.85. The van der Waals surface area contributed by atoms with Gasteiger partial charge in [0, 0.05) is 6.54 Å². The fourth-order valence-electron chi connectivity index (χ4n) is 6.57. The summed E-state index contributed by atoms with van der Waals surface area (Å²) in [5, 5.41) is 12.5. The van der Waals surface area contributed by atoms with Gasteiger partial charge in [-0.2, -0.15) is 5.26 Å². The highest BCUT2D eigenvalue weighted by Gasteiger charge is 2.50. The van der Waals surface area contributed by atoms with Crippen LogP contribution in [0, 0.1) is 39.9 Å². The molecule has 5 rings (SSSR count). The minimum absolute atomic E-state index is 0.0113. The van der Waals surface area contributed by atoms with Crippen molar-refractivity contribution in [1.82, 2.24) is 5.32 Å². The summed E-state index contributed by atoms with van der Waals surface area (Å²) < 4.78 is 0. The lowest BCUT2D eigenvalue weighted by Gasteiger charge is -2.57. The van der Waals surface area contributed by atoms with Gasteiger partial charge in [0.15, 0.2) is 0 Å². The maximum atomic E-state index is 12.5. The molecule has 5 saturated carbocycles. The minimum Gasteiger partial charge on any atom is -0.355 e. The van der Waals surface area contributed by atoms with Gasteiger partial charge in [0.2, 0.25) is 5.91 Å². The Morgan fingerprint density at radius 3 is 2.09 bits per heavy atom. The molecule has 0 unspecified atom stereocenters. The van der Waals surface area contributed by atoms with E-state index in [9.17, 15) is 10.1 Å². The second-order valence-corrected chi connectivity index (χ2v) is 8.82. The van der Waals surface area contributed by atoms with E-state index in [-0.39, 0.29) is 5.91 Å². The summed E-state index contributed by atoms with van der Waals surface area (Å²) in [6.45, 7) is 0.786. The molecule has 0 radical (unpaired) electrons. The molecule has 3 heteroatoms. The van der Waals surface area contributed by atoms with Crippen molar-refractivity contribution in [3.05, 3.63) is 0 Å². The SMILES string of the molecule is N#CC1(C(=O)NCCC23CC4CC(CC(C4)C2)C3)CCCC1. The van der Waals surface area contributed by atoms with Gasteiger partial charge in [-0.25, -0.2) is 0 Å². The average molecular weight is 300 g/mol. The van der Waals surface area contributed by atoms with Crippen LogP contribution in [0.2, 0.25) is 0 Å². The molecule has 0 aliphatic heterocycles. The zero-order valence-corrected chi connectivity index (χ0v) is 13.6. The molecular formula is C19H28N2O.